The van der Waals surface area contributed by atoms with Gasteiger partial charge in [0.1, 0.15) is 0 Å². The normalized spacial score (nSPS) is 18.2. The fourth-order valence-electron chi connectivity index (χ4n) is 3.02. The molecule has 22 heavy (non-hydrogen) atoms. The number of hydrogen-bond acceptors (Lipinski definition) is 3. The Balaban J connectivity index is 2.01. The van der Waals surface area contributed by atoms with Crippen LogP contribution >= 0.6 is 0 Å². The summed E-state index contributed by atoms with van der Waals surface area (Å²) < 4.78 is 27.7. The highest BCUT2D eigenvalue weighted by Crippen LogP contribution is 2.31. The zero-order valence-corrected chi connectivity index (χ0v) is 13.9. The molecule has 1 aromatic carbocycles. The van der Waals surface area contributed by atoms with Crippen LogP contribution in [0.4, 0.5) is 0 Å². The van der Waals surface area contributed by atoms with Gasteiger partial charge in [-0.15, -0.1) is 0 Å². The second-order valence-electron chi connectivity index (χ2n) is 6.06. The lowest BCUT2D eigenvalue weighted by atomic mass is 9.93. The Morgan fingerprint density at radius 3 is 2.73 bits per heavy atom. The summed E-state index contributed by atoms with van der Waals surface area (Å²) >= 11 is 0. The minimum absolute atomic E-state index is 0.168. The second-order valence-corrected chi connectivity index (χ2v) is 7.84. The van der Waals surface area contributed by atoms with E-state index in [4.69, 9.17) is 0 Å². The molecule has 1 heterocycles. The highest BCUT2D eigenvalue weighted by molar-refractivity contribution is 7.88. The van der Waals surface area contributed by atoms with E-state index < -0.39 is 10.0 Å². The fraction of sp³-hybridized carbons (Fsp3) is 0.438. The topological polar surface area (TPSA) is 64.0 Å². The molecule has 0 unspecified atom stereocenters. The SMILES string of the molecule is Cc1ccc(-n2ncc3c2CCC[C@H]3NS(C)(=O)=O)cc1C. The molecule has 1 aliphatic carbocycles. The summed E-state index contributed by atoms with van der Waals surface area (Å²) in [5, 5.41) is 4.50. The summed E-state index contributed by atoms with van der Waals surface area (Å²) in [4.78, 5) is 0. The number of hydrogen-bond donors (Lipinski definition) is 1. The van der Waals surface area contributed by atoms with E-state index in [0.717, 1.165) is 36.2 Å². The maximum absolute atomic E-state index is 11.5. The lowest BCUT2D eigenvalue weighted by molar-refractivity contribution is 0.505. The second kappa shape index (κ2) is 5.52. The molecule has 1 atom stereocenters. The molecule has 1 N–H and O–H groups in total. The Morgan fingerprint density at radius 2 is 2.05 bits per heavy atom. The molecule has 6 heteroatoms. The smallest absolute Gasteiger partial charge is 0.209 e. The van der Waals surface area contributed by atoms with Crippen molar-refractivity contribution in [3.05, 3.63) is 46.8 Å². The van der Waals surface area contributed by atoms with Crippen LogP contribution in [-0.2, 0) is 16.4 Å². The Morgan fingerprint density at radius 1 is 1.27 bits per heavy atom. The van der Waals surface area contributed by atoms with Crippen LogP contribution in [0.5, 0.6) is 0 Å². The number of aromatic nitrogens is 2. The predicted octanol–water partition coefficient (Wildman–Crippen LogP) is 2.42. The third-order valence-corrected chi connectivity index (χ3v) is 4.99. The van der Waals surface area contributed by atoms with E-state index in [2.05, 4.69) is 41.9 Å². The third-order valence-electron chi connectivity index (χ3n) is 4.27. The van der Waals surface area contributed by atoms with Gasteiger partial charge in [0.05, 0.1) is 24.2 Å². The van der Waals surface area contributed by atoms with Gasteiger partial charge in [0.15, 0.2) is 0 Å². The standard InChI is InChI=1S/C16H21N3O2S/c1-11-7-8-13(9-12(11)2)19-16-6-4-5-15(14(16)10-17-19)18-22(3,20)21/h7-10,15,18H,4-6H2,1-3H3/t15-/m1/s1. The first-order valence-corrected chi connectivity index (χ1v) is 9.36. The van der Waals surface area contributed by atoms with Gasteiger partial charge in [0.2, 0.25) is 10.0 Å². The lowest BCUT2D eigenvalue weighted by Gasteiger charge is -2.23. The Hall–Kier alpha value is -1.66. The van der Waals surface area contributed by atoms with Gasteiger partial charge in [-0.2, -0.15) is 5.10 Å². The number of aryl methyl sites for hydroxylation is 2. The lowest BCUT2D eigenvalue weighted by Crippen LogP contribution is -2.30. The molecule has 1 aliphatic rings. The summed E-state index contributed by atoms with van der Waals surface area (Å²) in [5.41, 5.74) is 5.61. The van der Waals surface area contributed by atoms with E-state index in [9.17, 15) is 8.42 Å². The Labute approximate surface area is 131 Å². The van der Waals surface area contributed by atoms with Gasteiger partial charge >= 0.3 is 0 Å². The average molecular weight is 319 g/mol. The van der Waals surface area contributed by atoms with E-state index in [1.165, 1.54) is 17.4 Å². The summed E-state index contributed by atoms with van der Waals surface area (Å²) in [7, 11) is -3.22. The summed E-state index contributed by atoms with van der Waals surface area (Å²) in [6.45, 7) is 4.17. The number of sulfonamides is 1. The van der Waals surface area contributed by atoms with Crippen LogP contribution in [0.25, 0.3) is 5.69 Å². The van der Waals surface area contributed by atoms with E-state index >= 15 is 0 Å². The van der Waals surface area contributed by atoms with Crippen LogP contribution in [-0.4, -0.2) is 24.5 Å². The number of nitrogens with one attached hydrogen (secondary N) is 1. The first-order valence-electron chi connectivity index (χ1n) is 7.47. The number of fused-ring (bicyclic) bond motifs is 1. The maximum Gasteiger partial charge on any atom is 0.209 e. The molecule has 3 rings (SSSR count). The molecule has 118 valence electrons. The summed E-state index contributed by atoms with van der Waals surface area (Å²) in [5.74, 6) is 0. The minimum Gasteiger partial charge on any atom is -0.237 e. The molecule has 5 nitrogen and oxygen atoms in total. The van der Waals surface area contributed by atoms with Crippen molar-refractivity contribution >= 4 is 10.0 Å². The van der Waals surface area contributed by atoms with Crippen molar-refractivity contribution in [1.82, 2.24) is 14.5 Å². The highest BCUT2D eigenvalue weighted by atomic mass is 32.2. The minimum atomic E-state index is -3.22. The molecule has 0 saturated heterocycles. The molecule has 0 radical (unpaired) electrons. The van der Waals surface area contributed by atoms with Crippen molar-refractivity contribution in [3.63, 3.8) is 0 Å². The Kier molecular flexibility index (Phi) is 3.82. The monoisotopic (exact) mass is 319 g/mol. The molecule has 0 saturated carbocycles. The average Bonchev–Trinajstić information content (AvgIpc) is 2.85. The van der Waals surface area contributed by atoms with Gasteiger partial charge in [0, 0.05) is 11.3 Å². The van der Waals surface area contributed by atoms with Crippen molar-refractivity contribution in [2.75, 3.05) is 6.26 Å². The quantitative estimate of drug-likeness (QED) is 0.945. The number of rotatable bonds is 3. The fourth-order valence-corrected chi connectivity index (χ4v) is 3.78. The van der Waals surface area contributed by atoms with E-state index in [1.807, 2.05) is 4.68 Å². The zero-order valence-electron chi connectivity index (χ0n) is 13.1. The van der Waals surface area contributed by atoms with Crippen LogP contribution in [0.15, 0.2) is 24.4 Å². The highest BCUT2D eigenvalue weighted by Gasteiger charge is 2.26. The van der Waals surface area contributed by atoms with Gasteiger partial charge in [-0.25, -0.2) is 17.8 Å². The number of benzene rings is 1. The van der Waals surface area contributed by atoms with Gasteiger partial charge in [-0.1, -0.05) is 6.07 Å². The van der Waals surface area contributed by atoms with Crippen LogP contribution in [0.3, 0.4) is 0 Å². The van der Waals surface area contributed by atoms with Crippen LogP contribution in [0.2, 0.25) is 0 Å². The molecule has 0 amide bonds. The van der Waals surface area contributed by atoms with Crippen LogP contribution < -0.4 is 4.72 Å². The summed E-state index contributed by atoms with van der Waals surface area (Å²) in [6.07, 6.45) is 5.70. The van der Waals surface area contributed by atoms with Gasteiger partial charge in [0.25, 0.3) is 0 Å². The largest absolute Gasteiger partial charge is 0.237 e. The molecule has 0 spiro atoms. The van der Waals surface area contributed by atoms with Crippen molar-refractivity contribution < 1.29 is 8.42 Å². The number of nitrogens with zero attached hydrogens (tertiary/aromatic N) is 2. The molecular formula is C16H21N3O2S. The van der Waals surface area contributed by atoms with E-state index in [0.29, 0.717) is 0 Å². The summed E-state index contributed by atoms with van der Waals surface area (Å²) in [6, 6.07) is 6.10. The first kappa shape index (κ1) is 15.2. The first-order chi connectivity index (χ1) is 10.3. The maximum atomic E-state index is 11.5. The Bertz CT molecular complexity index is 809. The van der Waals surface area contributed by atoms with Gasteiger partial charge < -0.3 is 0 Å². The third kappa shape index (κ3) is 2.94. The molecule has 2 aromatic rings. The van der Waals surface area contributed by atoms with Crippen LogP contribution in [0.1, 0.15) is 41.3 Å². The van der Waals surface area contributed by atoms with Gasteiger partial charge in [-0.05, 0) is 56.4 Å². The molecule has 0 fully saturated rings. The van der Waals surface area contributed by atoms with Crippen molar-refractivity contribution in [2.45, 2.75) is 39.2 Å². The van der Waals surface area contributed by atoms with E-state index in [-0.39, 0.29) is 6.04 Å². The van der Waals surface area contributed by atoms with Crippen molar-refractivity contribution in [2.24, 2.45) is 0 Å². The predicted molar refractivity (Wildman–Crippen MR) is 86.7 cm³/mol. The molecule has 0 aliphatic heterocycles. The van der Waals surface area contributed by atoms with Crippen molar-refractivity contribution in [3.8, 4) is 5.69 Å². The van der Waals surface area contributed by atoms with Gasteiger partial charge in [-0.3, -0.25) is 0 Å². The van der Waals surface area contributed by atoms with E-state index in [1.54, 1.807) is 6.20 Å². The molecule has 0 bridgehead atoms. The van der Waals surface area contributed by atoms with Crippen LogP contribution in [0, 0.1) is 13.8 Å². The molecular weight excluding hydrogens is 298 g/mol. The zero-order chi connectivity index (χ0) is 15.9. The molecule has 1 aromatic heterocycles. The van der Waals surface area contributed by atoms with Crippen molar-refractivity contribution in [1.29, 1.82) is 0 Å².